The van der Waals surface area contributed by atoms with Crippen LogP contribution in [0.1, 0.15) is 5.69 Å². The predicted molar refractivity (Wildman–Crippen MR) is 69.6 cm³/mol. The average Bonchev–Trinajstić information content (AvgIpc) is 2.46. The van der Waals surface area contributed by atoms with Crippen molar-refractivity contribution < 1.29 is 22.6 Å². The first-order valence-electron chi connectivity index (χ1n) is 5.88. The largest absolute Gasteiger partial charge is 0.497 e. The molecular formula is C13H12F3N3O2. The minimum atomic E-state index is -4.58. The Balaban J connectivity index is 2.29. The zero-order valence-corrected chi connectivity index (χ0v) is 11.2. The molecule has 8 heteroatoms. The normalized spacial score (nSPS) is 11.1. The number of benzene rings is 1. The van der Waals surface area contributed by atoms with Gasteiger partial charge in [0.15, 0.2) is 5.69 Å². The fourth-order valence-corrected chi connectivity index (χ4v) is 1.50. The SMILES string of the molecule is CNc1nc(Oc2ccc(OC)cc2)cc(C(F)(F)F)n1. The summed E-state index contributed by atoms with van der Waals surface area (Å²) in [7, 11) is 2.93. The molecule has 5 nitrogen and oxygen atoms in total. The molecule has 0 amide bonds. The van der Waals surface area contributed by atoms with Gasteiger partial charge < -0.3 is 14.8 Å². The van der Waals surface area contributed by atoms with E-state index < -0.39 is 11.9 Å². The number of aromatic nitrogens is 2. The standard InChI is InChI=1S/C13H12F3N3O2/c1-17-12-18-10(13(14,15)16)7-11(19-12)21-9-5-3-8(20-2)4-6-9/h3-7H,1-2H3,(H,17,18,19). The highest BCUT2D eigenvalue weighted by molar-refractivity contribution is 5.36. The summed E-state index contributed by atoms with van der Waals surface area (Å²) in [5.41, 5.74) is -1.08. The summed E-state index contributed by atoms with van der Waals surface area (Å²) in [4.78, 5) is 7.17. The molecule has 0 unspecified atom stereocenters. The van der Waals surface area contributed by atoms with Crippen LogP contribution in [0.2, 0.25) is 0 Å². The highest BCUT2D eigenvalue weighted by Crippen LogP contribution is 2.31. The topological polar surface area (TPSA) is 56.3 Å². The molecule has 1 heterocycles. The lowest BCUT2D eigenvalue weighted by molar-refractivity contribution is -0.141. The van der Waals surface area contributed by atoms with E-state index in [1.54, 1.807) is 24.3 Å². The smallest absolute Gasteiger partial charge is 0.433 e. The fourth-order valence-electron chi connectivity index (χ4n) is 1.50. The molecule has 0 saturated carbocycles. The van der Waals surface area contributed by atoms with Crippen LogP contribution in [0, 0.1) is 0 Å². The number of rotatable bonds is 4. The van der Waals surface area contributed by atoms with Gasteiger partial charge in [-0.25, -0.2) is 4.98 Å². The summed E-state index contributed by atoms with van der Waals surface area (Å²) in [6, 6.07) is 7.12. The van der Waals surface area contributed by atoms with Gasteiger partial charge in [0.1, 0.15) is 11.5 Å². The lowest BCUT2D eigenvalue weighted by Crippen LogP contribution is -2.11. The first-order chi connectivity index (χ1) is 9.92. The Morgan fingerprint density at radius 2 is 1.67 bits per heavy atom. The van der Waals surface area contributed by atoms with Crippen molar-refractivity contribution in [1.29, 1.82) is 0 Å². The molecule has 1 aromatic heterocycles. The molecule has 0 bridgehead atoms. The summed E-state index contributed by atoms with van der Waals surface area (Å²) in [6.45, 7) is 0. The van der Waals surface area contributed by atoms with E-state index in [0.717, 1.165) is 6.07 Å². The molecule has 0 aliphatic heterocycles. The van der Waals surface area contributed by atoms with Crippen molar-refractivity contribution >= 4 is 5.95 Å². The Morgan fingerprint density at radius 3 is 2.19 bits per heavy atom. The summed E-state index contributed by atoms with van der Waals surface area (Å²) in [6.07, 6.45) is -4.58. The van der Waals surface area contributed by atoms with E-state index in [4.69, 9.17) is 9.47 Å². The number of anilines is 1. The molecule has 1 aromatic carbocycles. The maximum Gasteiger partial charge on any atom is 0.433 e. The average molecular weight is 299 g/mol. The van der Waals surface area contributed by atoms with Crippen LogP contribution in [0.4, 0.5) is 19.1 Å². The number of hydrogen-bond acceptors (Lipinski definition) is 5. The molecule has 0 saturated heterocycles. The number of nitrogens with one attached hydrogen (secondary N) is 1. The van der Waals surface area contributed by atoms with Gasteiger partial charge in [0, 0.05) is 13.1 Å². The lowest BCUT2D eigenvalue weighted by Gasteiger charge is -2.11. The molecule has 0 fully saturated rings. The predicted octanol–water partition coefficient (Wildman–Crippen LogP) is 3.34. The molecule has 0 spiro atoms. The maximum atomic E-state index is 12.7. The van der Waals surface area contributed by atoms with E-state index in [1.807, 2.05) is 0 Å². The highest BCUT2D eigenvalue weighted by atomic mass is 19.4. The molecule has 2 rings (SSSR count). The minimum Gasteiger partial charge on any atom is -0.497 e. The minimum absolute atomic E-state index is 0.173. The third kappa shape index (κ3) is 3.74. The highest BCUT2D eigenvalue weighted by Gasteiger charge is 2.34. The molecule has 2 aromatic rings. The van der Waals surface area contributed by atoms with E-state index in [0.29, 0.717) is 11.5 Å². The second kappa shape index (κ2) is 5.86. The van der Waals surface area contributed by atoms with Gasteiger partial charge >= 0.3 is 6.18 Å². The third-order valence-corrected chi connectivity index (χ3v) is 2.50. The van der Waals surface area contributed by atoms with Crippen molar-refractivity contribution in [3.63, 3.8) is 0 Å². The van der Waals surface area contributed by atoms with Gasteiger partial charge in [-0.2, -0.15) is 18.2 Å². The molecule has 112 valence electrons. The number of nitrogens with zero attached hydrogens (tertiary/aromatic N) is 2. The molecule has 0 atom stereocenters. The van der Waals surface area contributed by atoms with Crippen LogP contribution in [0.3, 0.4) is 0 Å². The van der Waals surface area contributed by atoms with Gasteiger partial charge in [0.05, 0.1) is 7.11 Å². The van der Waals surface area contributed by atoms with Gasteiger partial charge in [0.2, 0.25) is 11.8 Å². The fraction of sp³-hybridized carbons (Fsp3) is 0.231. The van der Waals surface area contributed by atoms with Crippen LogP contribution in [0.25, 0.3) is 0 Å². The first kappa shape index (κ1) is 14.9. The molecule has 0 aliphatic rings. The first-order valence-corrected chi connectivity index (χ1v) is 5.88. The van der Waals surface area contributed by atoms with Crippen molar-refractivity contribution in [3.05, 3.63) is 36.0 Å². The van der Waals surface area contributed by atoms with Crippen LogP contribution < -0.4 is 14.8 Å². The summed E-state index contributed by atoms with van der Waals surface area (Å²) in [5, 5.41) is 2.46. The van der Waals surface area contributed by atoms with E-state index in [1.165, 1.54) is 14.2 Å². The van der Waals surface area contributed by atoms with E-state index in [-0.39, 0.29) is 11.8 Å². The van der Waals surface area contributed by atoms with Crippen LogP contribution >= 0.6 is 0 Å². The Labute approximate surface area is 118 Å². The Hall–Kier alpha value is -2.51. The summed E-state index contributed by atoms with van der Waals surface area (Å²) >= 11 is 0. The molecule has 1 N–H and O–H groups in total. The number of hydrogen-bond donors (Lipinski definition) is 1. The van der Waals surface area contributed by atoms with Crippen molar-refractivity contribution in [2.24, 2.45) is 0 Å². The Bertz CT molecular complexity index is 615. The number of alkyl halides is 3. The number of ether oxygens (including phenoxy) is 2. The van der Waals surface area contributed by atoms with Gasteiger partial charge in [-0.15, -0.1) is 0 Å². The van der Waals surface area contributed by atoms with Gasteiger partial charge in [-0.3, -0.25) is 0 Å². The summed E-state index contributed by atoms with van der Waals surface area (Å²) < 4.78 is 48.5. The second-order valence-corrected chi connectivity index (χ2v) is 3.94. The third-order valence-electron chi connectivity index (χ3n) is 2.50. The zero-order chi connectivity index (χ0) is 15.5. The quantitative estimate of drug-likeness (QED) is 0.938. The molecular weight excluding hydrogens is 287 g/mol. The van der Waals surface area contributed by atoms with Gasteiger partial charge in [0.25, 0.3) is 0 Å². The maximum absolute atomic E-state index is 12.7. The van der Waals surface area contributed by atoms with Gasteiger partial charge in [-0.1, -0.05) is 0 Å². The number of methoxy groups -OCH3 is 1. The second-order valence-electron chi connectivity index (χ2n) is 3.94. The van der Waals surface area contributed by atoms with Gasteiger partial charge in [-0.05, 0) is 24.3 Å². The van der Waals surface area contributed by atoms with Crippen molar-refractivity contribution in [1.82, 2.24) is 9.97 Å². The van der Waals surface area contributed by atoms with E-state index in [9.17, 15) is 13.2 Å². The van der Waals surface area contributed by atoms with Crippen LogP contribution in [-0.4, -0.2) is 24.1 Å². The molecule has 21 heavy (non-hydrogen) atoms. The summed E-state index contributed by atoms with van der Waals surface area (Å²) in [5.74, 6) is 0.571. The van der Waals surface area contributed by atoms with Crippen LogP contribution in [0.15, 0.2) is 30.3 Å². The van der Waals surface area contributed by atoms with Crippen LogP contribution in [0.5, 0.6) is 17.4 Å². The Morgan fingerprint density at radius 1 is 1.05 bits per heavy atom. The van der Waals surface area contributed by atoms with E-state index >= 15 is 0 Å². The molecule has 0 aliphatic carbocycles. The monoisotopic (exact) mass is 299 g/mol. The van der Waals surface area contributed by atoms with Crippen molar-refractivity contribution in [3.8, 4) is 17.4 Å². The van der Waals surface area contributed by atoms with Crippen molar-refractivity contribution in [2.75, 3.05) is 19.5 Å². The van der Waals surface area contributed by atoms with Crippen LogP contribution in [-0.2, 0) is 6.18 Å². The number of halogens is 3. The lowest BCUT2D eigenvalue weighted by atomic mass is 10.3. The Kier molecular flexibility index (Phi) is 4.15. The van der Waals surface area contributed by atoms with Crippen molar-refractivity contribution in [2.45, 2.75) is 6.18 Å². The molecule has 0 radical (unpaired) electrons. The zero-order valence-electron chi connectivity index (χ0n) is 11.2. The van der Waals surface area contributed by atoms with E-state index in [2.05, 4.69) is 15.3 Å².